The van der Waals surface area contributed by atoms with Crippen molar-refractivity contribution in [3.8, 4) is 0 Å². The summed E-state index contributed by atoms with van der Waals surface area (Å²) in [7, 11) is 0. The molecule has 0 saturated carbocycles. The van der Waals surface area contributed by atoms with Crippen LogP contribution in [-0.4, -0.2) is 29.3 Å². The molecule has 0 saturated heterocycles. The number of aromatic nitrogens is 2. The van der Waals surface area contributed by atoms with Gasteiger partial charge in [-0.05, 0) is 0 Å². The van der Waals surface area contributed by atoms with Gasteiger partial charge < -0.3 is 14.6 Å². The highest BCUT2D eigenvalue weighted by Gasteiger charge is 2.03. The van der Waals surface area contributed by atoms with Crippen LogP contribution in [0, 0.1) is 0 Å². The van der Waals surface area contributed by atoms with Crippen molar-refractivity contribution >= 4 is 0 Å². The Hall–Kier alpha value is -0.940. The summed E-state index contributed by atoms with van der Waals surface area (Å²) in [5.74, 6) is 1.28. The van der Waals surface area contributed by atoms with Crippen LogP contribution in [0.25, 0.3) is 0 Å². The fraction of sp³-hybridized carbons (Fsp3) is 0.800. The Kier molecular flexibility index (Phi) is 5.28. The molecule has 1 rings (SSSR count). The van der Waals surface area contributed by atoms with E-state index in [1.165, 1.54) is 0 Å². The fourth-order valence-corrected chi connectivity index (χ4v) is 1.08. The van der Waals surface area contributed by atoms with Crippen molar-refractivity contribution in [1.29, 1.82) is 0 Å². The van der Waals surface area contributed by atoms with Crippen LogP contribution < -0.4 is 5.32 Å². The Morgan fingerprint density at radius 3 is 2.87 bits per heavy atom. The molecular weight excluding hydrogens is 194 g/mol. The molecule has 0 atom stereocenters. The Labute approximate surface area is 90.2 Å². The molecule has 0 spiro atoms. The molecule has 1 aromatic heterocycles. The molecule has 0 aliphatic carbocycles. The molecule has 1 heterocycles. The highest BCUT2D eigenvalue weighted by atomic mass is 16.5. The number of nitrogens with zero attached hydrogens (tertiary/aromatic N) is 2. The summed E-state index contributed by atoms with van der Waals surface area (Å²) < 4.78 is 10.3. The third-order valence-electron chi connectivity index (χ3n) is 1.84. The van der Waals surface area contributed by atoms with Crippen molar-refractivity contribution in [2.75, 3.05) is 13.2 Å². The van der Waals surface area contributed by atoms with Gasteiger partial charge in [-0.1, -0.05) is 25.9 Å². The van der Waals surface area contributed by atoms with E-state index in [4.69, 9.17) is 9.26 Å². The monoisotopic (exact) mass is 213 g/mol. The second-order valence-corrected chi connectivity index (χ2v) is 3.62. The van der Waals surface area contributed by atoms with Crippen LogP contribution in [0.5, 0.6) is 0 Å². The van der Waals surface area contributed by atoms with Gasteiger partial charge in [-0.3, -0.25) is 0 Å². The first kappa shape index (κ1) is 12.1. The summed E-state index contributed by atoms with van der Waals surface area (Å²) in [6.07, 6.45) is 0.766. The van der Waals surface area contributed by atoms with Crippen LogP contribution in [0.3, 0.4) is 0 Å². The van der Waals surface area contributed by atoms with Crippen LogP contribution in [-0.2, 0) is 17.8 Å². The molecule has 86 valence electrons. The SMILES string of the molecule is CCc1nc(COCCNC(C)C)no1. The lowest BCUT2D eigenvalue weighted by atomic mass is 10.4. The summed E-state index contributed by atoms with van der Waals surface area (Å²) >= 11 is 0. The Bertz CT molecular complexity index is 273. The van der Waals surface area contributed by atoms with Crippen molar-refractivity contribution in [1.82, 2.24) is 15.5 Å². The lowest BCUT2D eigenvalue weighted by Gasteiger charge is -2.06. The van der Waals surface area contributed by atoms with Crippen LogP contribution in [0.4, 0.5) is 0 Å². The summed E-state index contributed by atoms with van der Waals surface area (Å²) in [5.41, 5.74) is 0. The minimum Gasteiger partial charge on any atom is -0.372 e. The van der Waals surface area contributed by atoms with Gasteiger partial charge in [-0.25, -0.2) is 0 Å². The molecule has 0 aliphatic rings. The van der Waals surface area contributed by atoms with Gasteiger partial charge in [0.15, 0.2) is 5.82 Å². The lowest BCUT2D eigenvalue weighted by Crippen LogP contribution is -2.26. The van der Waals surface area contributed by atoms with Gasteiger partial charge in [0.1, 0.15) is 6.61 Å². The number of aryl methyl sites for hydroxylation is 1. The highest BCUT2D eigenvalue weighted by Crippen LogP contribution is 1.98. The molecule has 5 nitrogen and oxygen atoms in total. The van der Waals surface area contributed by atoms with Crippen LogP contribution in [0.15, 0.2) is 4.52 Å². The van der Waals surface area contributed by atoms with Gasteiger partial charge in [0.25, 0.3) is 0 Å². The number of hydrogen-bond donors (Lipinski definition) is 1. The molecule has 0 bridgehead atoms. The van der Waals surface area contributed by atoms with E-state index in [1.807, 2.05) is 6.92 Å². The normalized spacial score (nSPS) is 11.2. The molecule has 0 unspecified atom stereocenters. The van der Waals surface area contributed by atoms with Gasteiger partial charge >= 0.3 is 0 Å². The quantitative estimate of drug-likeness (QED) is 0.688. The number of ether oxygens (including phenoxy) is 1. The molecule has 1 N–H and O–H groups in total. The molecular formula is C10H19N3O2. The highest BCUT2D eigenvalue weighted by molar-refractivity contribution is 4.83. The Morgan fingerprint density at radius 2 is 2.27 bits per heavy atom. The molecule has 0 amide bonds. The van der Waals surface area contributed by atoms with Crippen LogP contribution in [0.2, 0.25) is 0 Å². The maximum absolute atomic E-state index is 5.38. The average molecular weight is 213 g/mol. The summed E-state index contributed by atoms with van der Waals surface area (Å²) in [4.78, 5) is 4.14. The van der Waals surface area contributed by atoms with Crippen molar-refractivity contribution in [2.24, 2.45) is 0 Å². The summed E-state index contributed by atoms with van der Waals surface area (Å²) in [5, 5.41) is 7.05. The number of hydrogen-bond acceptors (Lipinski definition) is 5. The van der Waals surface area contributed by atoms with E-state index >= 15 is 0 Å². The van der Waals surface area contributed by atoms with Gasteiger partial charge in [0.2, 0.25) is 5.89 Å². The minimum atomic E-state index is 0.420. The van der Waals surface area contributed by atoms with Gasteiger partial charge in [0.05, 0.1) is 6.61 Å². The predicted molar refractivity (Wildman–Crippen MR) is 56.5 cm³/mol. The van der Waals surface area contributed by atoms with Gasteiger partial charge in [-0.2, -0.15) is 4.98 Å². The average Bonchev–Trinajstić information content (AvgIpc) is 2.65. The first-order chi connectivity index (χ1) is 7.22. The van der Waals surface area contributed by atoms with E-state index in [9.17, 15) is 0 Å². The second-order valence-electron chi connectivity index (χ2n) is 3.62. The van der Waals surface area contributed by atoms with Gasteiger partial charge in [0, 0.05) is 19.0 Å². The molecule has 5 heteroatoms. The molecule has 15 heavy (non-hydrogen) atoms. The zero-order valence-electron chi connectivity index (χ0n) is 9.62. The standard InChI is InChI=1S/C10H19N3O2/c1-4-10-12-9(13-15-10)7-14-6-5-11-8(2)3/h8,11H,4-7H2,1-3H3. The van der Waals surface area contributed by atoms with Gasteiger partial charge in [-0.15, -0.1) is 0 Å². The lowest BCUT2D eigenvalue weighted by molar-refractivity contribution is 0.114. The maximum atomic E-state index is 5.38. The third kappa shape index (κ3) is 4.90. The first-order valence-corrected chi connectivity index (χ1v) is 5.35. The van der Waals surface area contributed by atoms with Crippen LogP contribution >= 0.6 is 0 Å². The molecule has 0 aliphatic heterocycles. The molecule has 1 aromatic rings. The minimum absolute atomic E-state index is 0.420. The largest absolute Gasteiger partial charge is 0.372 e. The molecule has 0 radical (unpaired) electrons. The number of nitrogens with one attached hydrogen (secondary N) is 1. The van der Waals surface area contributed by atoms with E-state index in [-0.39, 0.29) is 0 Å². The Morgan fingerprint density at radius 1 is 1.47 bits per heavy atom. The van der Waals surface area contributed by atoms with Crippen molar-refractivity contribution in [3.05, 3.63) is 11.7 Å². The van der Waals surface area contributed by atoms with E-state index in [0.29, 0.717) is 31.0 Å². The van der Waals surface area contributed by atoms with E-state index in [1.54, 1.807) is 0 Å². The smallest absolute Gasteiger partial charge is 0.226 e. The first-order valence-electron chi connectivity index (χ1n) is 5.35. The zero-order chi connectivity index (χ0) is 11.1. The van der Waals surface area contributed by atoms with Crippen LogP contribution in [0.1, 0.15) is 32.5 Å². The fourth-order valence-electron chi connectivity index (χ4n) is 1.08. The van der Waals surface area contributed by atoms with Crippen molar-refractivity contribution in [2.45, 2.75) is 39.8 Å². The maximum Gasteiger partial charge on any atom is 0.226 e. The summed E-state index contributed by atoms with van der Waals surface area (Å²) in [6.45, 7) is 8.11. The molecule has 0 fully saturated rings. The Balaban J connectivity index is 2.09. The van der Waals surface area contributed by atoms with E-state index in [2.05, 4.69) is 29.3 Å². The predicted octanol–water partition coefficient (Wildman–Crippen LogP) is 1.15. The topological polar surface area (TPSA) is 60.2 Å². The summed E-state index contributed by atoms with van der Waals surface area (Å²) in [6, 6.07) is 0.491. The van der Waals surface area contributed by atoms with E-state index in [0.717, 1.165) is 13.0 Å². The van der Waals surface area contributed by atoms with Crippen molar-refractivity contribution < 1.29 is 9.26 Å². The van der Waals surface area contributed by atoms with Crippen molar-refractivity contribution in [3.63, 3.8) is 0 Å². The second kappa shape index (κ2) is 6.53. The third-order valence-corrected chi connectivity index (χ3v) is 1.84. The number of rotatable bonds is 7. The zero-order valence-corrected chi connectivity index (χ0v) is 9.62. The molecule has 0 aromatic carbocycles. The van der Waals surface area contributed by atoms with E-state index < -0.39 is 0 Å².